The largest absolute Gasteiger partial charge is 2.00 e. The second-order valence-corrected chi connectivity index (χ2v) is 4.01. The normalized spacial score (nSPS) is 23.8. The van der Waals surface area contributed by atoms with Crippen molar-refractivity contribution >= 4 is 5.97 Å². The third-order valence-corrected chi connectivity index (χ3v) is 2.09. The smallest absolute Gasteiger partial charge is 0.538 e. The predicted molar refractivity (Wildman–Crippen MR) is 55.6 cm³/mol. The molecule has 0 aromatic heterocycles. The fraction of sp³-hybridized carbons (Fsp3) is 0.545. The average molecular weight is 490 g/mol. The molecule has 0 saturated carbocycles. The zero-order valence-electron chi connectivity index (χ0n) is 10.5. The summed E-state index contributed by atoms with van der Waals surface area (Å²) in [6.07, 6.45) is -5.98. The minimum Gasteiger partial charge on any atom is -0.538 e. The van der Waals surface area contributed by atoms with Crippen molar-refractivity contribution in [2.75, 3.05) is 6.61 Å². The molecule has 0 aromatic carbocycles. The molecule has 0 bridgehead atoms. The Labute approximate surface area is 128 Å². The van der Waals surface area contributed by atoms with Crippen LogP contribution >= 0.6 is 0 Å². The van der Waals surface area contributed by atoms with Crippen molar-refractivity contribution in [1.82, 2.24) is 0 Å². The van der Waals surface area contributed by atoms with E-state index in [-0.39, 0.29) is 50.7 Å². The third kappa shape index (κ3) is 5.33. The zero-order valence-corrected chi connectivity index (χ0v) is 14.6. The number of carbonyl (C=O) groups is 1. The van der Waals surface area contributed by atoms with Gasteiger partial charge < -0.3 is 16.9 Å². The van der Waals surface area contributed by atoms with Crippen molar-refractivity contribution in [3.63, 3.8) is 0 Å². The molecule has 18 heavy (non-hydrogen) atoms. The molecule has 1 unspecified atom stereocenters. The molecule has 0 amide bonds. The fourth-order valence-corrected chi connectivity index (χ4v) is 1.24. The van der Waals surface area contributed by atoms with Gasteiger partial charge in [0.2, 0.25) is 0 Å². The van der Waals surface area contributed by atoms with Crippen LogP contribution in [0.1, 0.15) is 20.3 Å². The van der Waals surface area contributed by atoms with Crippen LogP contribution in [0.25, 0.3) is 0 Å². The van der Waals surface area contributed by atoms with Crippen LogP contribution in [-0.4, -0.2) is 24.4 Å². The number of ether oxygens (including phenoxy) is 2. The molecule has 0 aliphatic carbocycles. The minimum absolute atomic E-state index is 0. The minimum atomic E-state index is -4.51. The topological polar surface area (TPSA) is 35.5 Å². The molecule has 1 aliphatic rings. The zero-order chi connectivity index (χ0) is 12.6. The van der Waals surface area contributed by atoms with Crippen molar-refractivity contribution in [3.05, 3.63) is 25.7 Å². The van der Waals surface area contributed by atoms with E-state index in [1.54, 1.807) is 0 Å². The van der Waals surface area contributed by atoms with E-state index >= 15 is 0 Å². The summed E-state index contributed by atoms with van der Waals surface area (Å²) in [7, 11) is 0. The van der Waals surface area contributed by atoms with E-state index in [0.717, 1.165) is 0 Å². The molecule has 1 heterocycles. The summed E-state index contributed by atoms with van der Waals surface area (Å²) in [6.45, 7) is 5.88. The van der Waals surface area contributed by atoms with Gasteiger partial charge in [0.25, 0.3) is 6.18 Å². The van der Waals surface area contributed by atoms with Gasteiger partial charge in [0.1, 0.15) is 5.60 Å². The van der Waals surface area contributed by atoms with E-state index in [9.17, 15) is 18.0 Å². The van der Waals surface area contributed by atoms with Crippen molar-refractivity contribution < 1.29 is 58.6 Å². The van der Waals surface area contributed by atoms with Crippen LogP contribution in [0.15, 0.2) is 12.2 Å². The maximum absolute atomic E-state index is 12.3. The molecule has 1 fully saturated rings. The monoisotopic (exact) mass is 490 g/mol. The number of alkyl halides is 3. The van der Waals surface area contributed by atoms with E-state index in [1.807, 2.05) is 0 Å². The Morgan fingerprint density at radius 1 is 1.50 bits per heavy atom. The summed E-state index contributed by atoms with van der Waals surface area (Å²) in [5.41, 5.74) is -1.12. The molecular weight excluding hydrogens is 475 g/mol. The summed E-state index contributed by atoms with van der Waals surface area (Å²) in [5, 5.41) is 0. The molecule has 1 atom stereocenters. The summed E-state index contributed by atoms with van der Waals surface area (Å²) < 4.78 is 46.2. The van der Waals surface area contributed by atoms with Gasteiger partial charge in [-0.05, 0) is 13.8 Å². The predicted octanol–water partition coefficient (Wildman–Crippen LogP) is 2.83. The van der Waals surface area contributed by atoms with Crippen molar-refractivity contribution in [3.8, 4) is 0 Å². The molecule has 1 saturated heterocycles. The number of halogens is 3. The molecule has 0 aromatic rings. The molecule has 1 rings (SSSR count). The molecule has 1 aliphatic heterocycles. The summed E-state index contributed by atoms with van der Waals surface area (Å²) >= 11 is 0. The van der Waals surface area contributed by atoms with Crippen molar-refractivity contribution in [1.29, 1.82) is 0 Å². The number of hydrogen-bond donors (Lipinski definition) is 0. The number of carbonyl (C=O) groups excluding carboxylic acids is 1. The molecule has 0 N–H and O–H groups in total. The Balaban J connectivity index is 0. The van der Waals surface area contributed by atoms with Crippen LogP contribution in [0.4, 0.5) is 13.2 Å². The Hall–Kier alpha value is 0.0119. The van der Waals surface area contributed by atoms with Crippen LogP contribution in [0.2, 0.25) is 0 Å². The first-order valence-corrected chi connectivity index (χ1v) is 4.59. The molecule has 0 spiro atoms. The first-order chi connectivity index (χ1) is 7.14. The maximum Gasteiger partial charge on any atom is 2.00 e. The second kappa shape index (κ2) is 6.97. The van der Waals surface area contributed by atoms with Crippen LogP contribution < -0.4 is 0 Å². The summed E-state index contributed by atoms with van der Waals surface area (Å²) in [4.78, 5) is 11.2. The van der Waals surface area contributed by atoms with Gasteiger partial charge in [-0.1, -0.05) is 12.7 Å². The van der Waals surface area contributed by atoms with Gasteiger partial charge in [-0.2, -0.15) is 0 Å². The summed E-state index contributed by atoms with van der Waals surface area (Å²) in [5.74, 6) is -0.713. The molecule has 3 nitrogen and oxygen atoms in total. The van der Waals surface area contributed by atoms with E-state index in [2.05, 4.69) is 11.3 Å². The average Bonchev–Trinajstić information content (AvgIpc) is 2.46. The third-order valence-electron chi connectivity index (χ3n) is 2.09. The molecule has 0 radical (unpaired) electrons. The van der Waals surface area contributed by atoms with Gasteiger partial charge in [0.15, 0.2) is 0 Å². The molecule has 7 heteroatoms. The van der Waals surface area contributed by atoms with Crippen LogP contribution in [0.3, 0.4) is 0 Å². The van der Waals surface area contributed by atoms with Crippen molar-refractivity contribution in [2.24, 2.45) is 0 Å². The Morgan fingerprint density at radius 3 is 2.33 bits per heavy atom. The van der Waals surface area contributed by atoms with E-state index in [4.69, 9.17) is 4.74 Å². The van der Waals surface area contributed by atoms with Crippen LogP contribution in [-0.2, 0) is 14.3 Å². The Bertz CT molecular complexity index is 317. The standard InChI is InChI=1S/C10H12F3O3.CH3.U/c1-6(2)8(14)16-9(3)4-7(15-5-9)10(11,12)13;;/h1,4-5H2,2-3H3;1H3;/q2*-1;+2. The Kier molecular flexibility index (Phi) is 7.88. The van der Waals surface area contributed by atoms with Gasteiger partial charge in [0, 0.05) is 5.57 Å². The first kappa shape index (κ1) is 20.3. The number of hydrogen-bond acceptors (Lipinski definition) is 3. The molecular formula is C11H15F3O3U. The maximum atomic E-state index is 12.3. The van der Waals surface area contributed by atoms with Gasteiger partial charge >= 0.3 is 37.1 Å². The van der Waals surface area contributed by atoms with Crippen LogP contribution in [0.5, 0.6) is 0 Å². The van der Waals surface area contributed by atoms with E-state index in [1.165, 1.54) is 13.8 Å². The number of esters is 1. The Morgan fingerprint density at radius 2 is 2.00 bits per heavy atom. The molecule has 102 valence electrons. The van der Waals surface area contributed by atoms with Crippen molar-refractivity contribution in [2.45, 2.75) is 32.0 Å². The quantitative estimate of drug-likeness (QED) is 0.340. The van der Waals surface area contributed by atoms with Gasteiger partial charge in [-0.3, -0.25) is 0 Å². The van der Waals surface area contributed by atoms with Gasteiger partial charge in [0.05, 0.1) is 6.61 Å². The van der Waals surface area contributed by atoms with E-state index in [0.29, 0.717) is 0 Å². The van der Waals surface area contributed by atoms with Gasteiger partial charge in [-0.25, -0.2) is 18.0 Å². The van der Waals surface area contributed by atoms with Crippen LogP contribution in [0, 0.1) is 44.6 Å². The fourth-order valence-electron chi connectivity index (χ4n) is 1.24. The SMILES string of the molecule is C=C(C)C(=O)OC1(C)CO[C-](C(F)(F)F)C1.[CH3-].[U+2]. The van der Waals surface area contributed by atoms with E-state index < -0.39 is 30.3 Å². The first-order valence-electron chi connectivity index (χ1n) is 4.59. The second-order valence-electron chi connectivity index (χ2n) is 4.01. The number of rotatable bonds is 2. The summed E-state index contributed by atoms with van der Waals surface area (Å²) in [6, 6.07) is 0. The van der Waals surface area contributed by atoms with Gasteiger partial charge in [-0.15, -0.1) is 6.42 Å².